The van der Waals surface area contributed by atoms with Crippen LogP contribution in [0.5, 0.6) is 0 Å². The second kappa shape index (κ2) is 8.20. The maximum absolute atomic E-state index is 14.4. The van der Waals surface area contributed by atoms with Gasteiger partial charge >= 0.3 is 6.18 Å². The molecule has 0 bridgehead atoms. The highest BCUT2D eigenvalue weighted by molar-refractivity contribution is 9.10. The summed E-state index contributed by atoms with van der Waals surface area (Å²) in [5.74, 6) is 0. The molecule has 2 heterocycles. The molecule has 3 atom stereocenters. The van der Waals surface area contributed by atoms with Crippen LogP contribution >= 0.6 is 50.7 Å². The SMILES string of the molecule is [O-][NH+]1CC(c2cc(Cl)c(Cl)c(Cl)c2)(C(F)(F)F)CC1c1ccc(-n2cncn2)c(Br)c1. The molecular weight excluding hydrogens is 543 g/mol. The van der Waals surface area contributed by atoms with Gasteiger partial charge in [0.1, 0.15) is 24.1 Å². The second-order valence-corrected chi connectivity index (χ2v) is 9.33. The summed E-state index contributed by atoms with van der Waals surface area (Å²) in [6.07, 6.45) is -2.31. The average Bonchev–Trinajstić information content (AvgIpc) is 3.33. The highest BCUT2D eigenvalue weighted by Gasteiger charge is 2.63. The van der Waals surface area contributed by atoms with Gasteiger partial charge in [0.15, 0.2) is 0 Å². The van der Waals surface area contributed by atoms with Crippen LogP contribution in [0.2, 0.25) is 15.1 Å². The smallest absolute Gasteiger partial charge is 0.404 e. The zero-order valence-corrected chi connectivity index (χ0v) is 19.3. The Hall–Kier alpha value is -1.36. The molecule has 0 aliphatic carbocycles. The first-order chi connectivity index (χ1) is 14.5. The molecule has 2 aromatic carbocycles. The van der Waals surface area contributed by atoms with Gasteiger partial charge < -0.3 is 10.3 Å². The predicted octanol–water partition coefficient (Wildman–Crippen LogP) is 5.32. The van der Waals surface area contributed by atoms with E-state index in [1.807, 2.05) is 0 Å². The molecule has 12 heteroatoms. The molecule has 3 unspecified atom stereocenters. The van der Waals surface area contributed by atoms with Gasteiger partial charge in [0.05, 0.1) is 27.3 Å². The maximum atomic E-state index is 14.4. The van der Waals surface area contributed by atoms with Gasteiger partial charge in [-0.25, -0.2) is 9.67 Å². The monoisotopic (exact) mass is 554 g/mol. The van der Waals surface area contributed by atoms with Crippen molar-refractivity contribution < 1.29 is 18.2 Å². The van der Waals surface area contributed by atoms with E-state index in [1.54, 1.807) is 18.2 Å². The molecule has 164 valence electrons. The quantitative estimate of drug-likeness (QED) is 0.351. The third-order valence-electron chi connectivity index (χ3n) is 5.54. The molecule has 1 N–H and O–H groups in total. The molecule has 1 saturated heterocycles. The summed E-state index contributed by atoms with van der Waals surface area (Å²) < 4.78 is 45.2. The summed E-state index contributed by atoms with van der Waals surface area (Å²) in [5, 5.41) is 16.1. The summed E-state index contributed by atoms with van der Waals surface area (Å²) in [6.45, 7) is -0.710. The number of hydrogen-bond acceptors (Lipinski definition) is 3. The minimum absolute atomic E-state index is 0.0297. The van der Waals surface area contributed by atoms with E-state index in [1.165, 1.54) is 17.3 Å². The molecular formula is C19H13BrCl3F3N4O. The third kappa shape index (κ3) is 3.96. The zero-order valence-electron chi connectivity index (χ0n) is 15.4. The third-order valence-corrected chi connectivity index (χ3v) is 7.37. The molecule has 1 fully saturated rings. The van der Waals surface area contributed by atoms with E-state index >= 15 is 0 Å². The van der Waals surface area contributed by atoms with Crippen molar-refractivity contribution >= 4 is 50.7 Å². The molecule has 5 nitrogen and oxygen atoms in total. The lowest BCUT2D eigenvalue weighted by Crippen LogP contribution is -3.06. The number of hydroxylamine groups is 2. The Morgan fingerprint density at radius 1 is 1.16 bits per heavy atom. The highest BCUT2D eigenvalue weighted by atomic mass is 79.9. The normalized spacial score (nSPS) is 24.0. The molecule has 3 aromatic rings. The van der Waals surface area contributed by atoms with E-state index in [0.29, 0.717) is 15.7 Å². The van der Waals surface area contributed by atoms with Crippen molar-refractivity contribution in [2.45, 2.75) is 24.1 Å². The van der Waals surface area contributed by atoms with Crippen molar-refractivity contribution in [2.75, 3.05) is 6.54 Å². The number of nitrogens with one attached hydrogen (secondary N) is 1. The van der Waals surface area contributed by atoms with Gasteiger partial charge in [0.2, 0.25) is 0 Å². The Kier molecular flexibility index (Phi) is 6.04. The predicted molar refractivity (Wildman–Crippen MR) is 115 cm³/mol. The van der Waals surface area contributed by atoms with Gasteiger partial charge in [-0.05, 0) is 45.8 Å². The van der Waals surface area contributed by atoms with Crippen LogP contribution in [0.4, 0.5) is 13.2 Å². The minimum Gasteiger partial charge on any atom is -0.634 e. The fourth-order valence-corrected chi connectivity index (χ4v) is 5.12. The number of benzene rings is 2. The Morgan fingerprint density at radius 2 is 1.84 bits per heavy atom. The lowest BCUT2D eigenvalue weighted by atomic mass is 9.77. The zero-order chi connectivity index (χ0) is 22.6. The maximum Gasteiger partial charge on any atom is 0.404 e. The van der Waals surface area contributed by atoms with Gasteiger partial charge in [-0.3, -0.25) is 0 Å². The first kappa shape index (κ1) is 22.8. The van der Waals surface area contributed by atoms with E-state index in [9.17, 15) is 18.4 Å². The number of halogens is 7. The Bertz CT molecular complexity index is 1110. The molecule has 0 spiro atoms. The summed E-state index contributed by atoms with van der Waals surface area (Å²) in [6, 6.07) is 6.26. The number of nitrogens with zero attached hydrogens (tertiary/aromatic N) is 3. The van der Waals surface area contributed by atoms with Crippen molar-refractivity contribution in [3.05, 3.63) is 78.9 Å². The molecule has 1 aromatic heterocycles. The van der Waals surface area contributed by atoms with Gasteiger partial charge in [-0.15, -0.1) is 0 Å². The standard InChI is InChI=1S/C19H13BrCl3F3N4O/c20-12-3-10(1-2-15(12)29-9-27-8-28-29)16-6-18(7-30(16)31,19(24,25)26)11-4-13(21)17(23)14(22)5-11/h1-5,8-9,16,30H,6-7H2. The molecule has 4 rings (SSSR count). The van der Waals surface area contributed by atoms with E-state index < -0.39 is 35.7 Å². The van der Waals surface area contributed by atoms with E-state index in [2.05, 4.69) is 26.0 Å². The largest absolute Gasteiger partial charge is 0.634 e. The topological polar surface area (TPSA) is 58.2 Å². The fraction of sp³-hybridized carbons (Fsp3) is 0.263. The van der Waals surface area contributed by atoms with Crippen LogP contribution in [0.1, 0.15) is 23.6 Å². The van der Waals surface area contributed by atoms with Gasteiger partial charge in [-0.1, -0.05) is 40.9 Å². The first-order valence-corrected chi connectivity index (χ1v) is 10.8. The van der Waals surface area contributed by atoms with Gasteiger partial charge in [0, 0.05) is 16.5 Å². The van der Waals surface area contributed by atoms with Crippen molar-refractivity contribution in [1.29, 1.82) is 0 Å². The van der Waals surface area contributed by atoms with Crippen LogP contribution in [0.15, 0.2) is 47.5 Å². The van der Waals surface area contributed by atoms with E-state index in [-0.39, 0.29) is 20.6 Å². The molecule has 1 aliphatic rings. The van der Waals surface area contributed by atoms with Crippen LogP contribution in [-0.2, 0) is 5.41 Å². The van der Waals surface area contributed by atoms with Crippen LogP contribution in [0.3, 0.4) is 0 Å². The van der Waals surface area contributed by atoms with Crippen LogP contribution in [0, 0.1) is 5.21 Å². The summed E-state index contributed by atoms with van der Waals surface area (Å²) in [7, 11) is 0. The minimum atomic E-state index is -4.70. The molecule has 0 amide bonds. The molecule has 31 heavy (non-hydrogen) atoms. The number of aromatic nitrogens is 3. The van der Waals surface area contributed by atoms with Gasteiger partial charge in [0.25, 0.3) is 0 Å². The number of rotatable bonds is 3. The number of quaternary nitrogens is 1. The lowest BCUT2D eigenvalue weighted by molar-refractivity contribution is -0.870. The number of hydrogen-bond donors (Lipinski definition) is 1. The highest BCUT2D eigenvalue weighted by Crippen LogP contribution is 2.50. The Balaban J connectivity index is 1.75. The van der Waals surface area contributed by atoms with Crippen LogP contribution in [-0.4, -0.2) is 27.5 Å². The first-order valence-electron chi connectivity index (χ1n) is 8.92. The van der Waals surface area contributed by atoms with Crippen molar-refractivity contribution in [2.24, 2.45) is 0 Å². The lowest BCUT2D eigenvalue weighted by Gasteiger charge is -2.31. The number of alkyl halides is 3. The molecule has 0 saturated carbocycles. The fourth-order valence-electron chi connectivity index (χ4n) is 3.95. The summed E-state index contributed by atoms with van der Waals surface area (Å²) >= 11 is 21.3. The van der Waals surface area contributed by atoms with Crippen molar-refractivity contribution in [1.82, 2.24) is 14.8 Å². The Labute approximate surface area is 198 Å². The van der Waals surface area contributed by atoms with Crippen molar-refractivity contribution in [3.63, 3.8) is 0 Å². The second-order valence-electron chi connectivity index (χ2n) is 7.28. The Morgan fingerprint density at radius 3 is 2.39 bits per heavy atom. The summed E-state index contributed by atoms with van der Waals surface area (Å²) in [4.78, 5) is 3.87. The average molecular weight is 557 g/mol. The molecule has 0 radical (unpaired) electrons. The summed E-state index contributed by atoms with van der Waals surface area (Å²) in [5.41, 5.74) is -1.47. The molecule has 1 aliphatic heterocycles. The van der Waals surface area contributed by atoms with E-state index in [0.717, 1.165) is 12.1 Å². The van der Waals surface area contributed by atoms with Gasteiger partial charge in [-0.2, -0.15) is 18.3 Å². The van der Waals surface area contributed by atoms with Crippen molar-refractivity contribution in [3.8, 4) is 5.69 Å². The van der Waals surface area contributed by atoms with Crippen LogP contribution < -0.4 is 5.06 Å². The van der Waals surface area contributed by atoms with Crippen LogP contribution in [0.25, 0.3) is 5.69 Å². The van der Waals surface area contributed by atoms with E-state index in [4.69, 9.17) is 34.8 Å².